The minimum absolute atomic E-state index is 0.735. The summed E-state index contributed by atoms with van der Waals surface area (Å²) in [5, 5.41) is 17.0. The molecule has 0 atom stereocenters. The number of anilines is 4. The zero-order chi connectivity index (χ0) is 21.3. The van der Waals surface area contributed by atoms with E-state index < -0.39 is 0 Å². The molecule has 0 bridgehead atoms. The Bertz CT molecular complexity index is 1190. The van der Waals surface area contributed by atoms with Crippen molar-refractivity contribution in [3.8, 4) is 5.75 Å². The summed E-state index contributed by atoms with van der Waals surface area (Å²) < 4.78 is 9.33. The van der Waals surface area contributed by atoms with Crippen LogP contribution in [0.1, 0.15) is 25.0 Å². The number of aryl methyl sites for hydroxylation is 3. The first-order chi connectivity index (χ1) is 14.5. The molecule has 0 fully saturated rings. The number of ether oxygens (including phenoxy) is 1. The summed E-state index contributed by atoms with van der Waals surface area (Å²) in [6.07, 6.45) is 3.79. The van der Waals surface area contributed by atoms with Gasteiger partial charge in [0.05, 0.1) is 18.0 Å². The Morgan fingerprint density at radius 1 is 1.00 bits per heavy atom. The molecule has 4 rings (SSSR count). The Morgan fingerprint density at radius 2 is 1.83 bits per heavy atom. The van der Waals surface area contributed by atoms with Gasteiger partial charge in [-0.2, -0.15) is 10.2 Å². The molecule has 0 radical (unpaired) electrons. The number of pyridine rings is 1. The number of nitrogens with one attached hydrogen (secondary N) is 2. The van der Waals surface area contributed by atoms with Gasteiger partial charge in [-0.05, 0) is 39.3 Å². The van der Waals surface area contributed by atoms with E-state index in [-0.39, 0.29) is 0 Å². The summed E-state index contributed by atoms with van der Waals surface area (Å²) in [6.45, 7) is 9.83. The Morgan fingerprint density at radius 3 is 2.53 bits per heavy atom. The highest BCUT2D eigenvalue weighted by Crippen LogP contribution is 2.34. The number of aromatic nitrogens is 5. The van der Waals surface area contributed by atoms with E-state index in [1.54, 1.807) is 7.11 Å². The topological polar surface area (TPSA) is 81.8 Å². The second-order valence-corrected chi connectivity index (χ2v) is 7.14. The maximum atomic E-state index is 5.48. The molecule has 0 spiro atoms. The molecule has 8 nitrogen and oxygen atoms in total. The molecule has 3 heterocycles. The summed E-state index contributed by atoms with van der Waals surface area (Å²) in [4.78, 5) is 4.59. The Hall–Kier alpha value is -3.55. The van der Waals surface area contributed by atoms with Crippen molar-refractivity contribution in [1.29, 1.82) is 0 Å². The van der Waals surface area contributed by atoms with E-state index in [1.165, 1.54) is 0 Å². The highest BCUT2D eigenvalue weighted by atomic mass is 16.5. The van der Waals surface area contributed by atoms with Crippen molar-refractivity contribution >= 4 is 34.0 Å². The Balaban J connectivity index is 1.70. The van der Waals surface area contributed by atoms with Crippen LogP contribution in [0.3, 0.4) is 0 Å². The third kappa shape index (κ3) is 3.56. The fourth-order valence-electron chi connectivity index (χ4n) is 3.57. The first-order valence-electron chi connectivity index (χ1n) is 10.1. The van der Waals surface area contributed by atoms with Crippen LogP contribution >= 0.6 is 0 Å². The van der Waals surface area contributed by atoms with E-state index in [0.29, 0.717) is 0 Å². The zero-order valence-electron chi connectivity index (χ0n) is 18.0. The first kappa shape index (κ1) is 19.8. The molecule has 1 aromatic carbocycles. The fourth-order valence-corrected chi connectivity index (χ4v) is 3.57. The lowest BCUT2D eigenvalue weighted by Crippen LogP contribution is -2.01. The van der Waals surface area contributed by atoms with Crippen molar-refractivity contribution in [1.82, 2.24) is 24.5 Å². The summed E-state index contributed by atoms with van der Waals surface area (Å²) in [7, 11) is 1.69. The fraction of sp³-hybridized carbons (Fsp3) is 0.318. The normalized spacial score (nSPS) is 11.1. The number of hydrogen-bond acceptors (Lipinski definition) is 6. The van der Waals surface area contributed by atoms with Crippen molar-refractivity contribution in [2.24, 2.45) is 0 Å². The van der Waals surface area contributed by atoms with Crippen LogP contribution in [0, 0.1) is 13.8 Å². The van der Waals surface area contributed by atoms with Crippen LogP contribution in [-0.4, -0.2) is 31.7 Å². The lowest BCUT2D eigenvalue weighted by molar-refractivity contribution is 0.412. The van der Waals surface area contributed by atoms with Gasteiger partial charge in [0.1, 0.15) is 11.6 Å². The van der Waals surface area contributed by atoms with Gasteiger partial charge in [-0.15, -0.1) is 0 Å². The van der Waals surface area contributed by atoms with Crippen LogP contribution in [0.2, 0.25) is 0 Å². The average molecular weight is 406 g/mol. The van der Waals surface area contributed by atoms with Gasteiger partial charge in [0.25, 0.3) is 0 Å². The lowest BCUT2D eigenvalue weighted by Gasteiger charge is -2.14. The standard InChI is InChI=1S/C22H27N7O/c1-6-28-11-10-19(26-28)24-20-12-17-16(13-23-20)22(27-29(17)7-2)25-21-14(3)8-9-18(30-5)15(21)4/h8-13H,6-7H2,1-5H3,(H,25,27)(H,23,24,26). The van der Waals surface area contributed by atoms with Crippen LogP contribution in [0.4, 0.5) is 23.1 Å². The first-order valence-corrected chi connectivity index (χ1v) is 10.1. The number of fused-ring (bicyclic) bond motifs is 1. The van der Waals surface area contributed by atoms with Gasteiger partial charge in [0.2, 0.25) is 0 Å². The zero-order valence-corrected chi connectivity index (χ0v) is 18.0. The molecule has 156 valence electrons. The summed E-state index contributed by atoms with van der Waals surface area (Å²) in [6, 6.07) is 7.97. The quantitative estimate of drug-likeness (QED) is 0.460. The van der Waals surface area contributed by atoms with E-state index >= 15 is 0 Å². The maximum Gasteiger partial charge on any atom is 0.161 e. The highest BCUT2D eigenvalue weighted by molar-refractivity contribution is 5.93. The van der Waals surface area contributed by atoms with Crippen LogP contribution in [0.5, 0.6) is 5.75 Å². The molecule has 8 heteroatoms. The Labute approximate surface area is 175 Å². The molecular formula is C22H27N7O. The second-order valence-electron chi connectivity index (χ2n) is 7.14. The molecule has 30 heavy (non-hydrogen) atoms. The summed E-state index contributed by atoms with van der Waals surface area (Å²) >= 11 is 0. The SMILES string of the molecule is CCn1ccc(Nc2cc3c(cn2)c(Nc2c(C)ccc(OC)c2C)nn3CC)n1. The molecule has 0 unspecified atom stereocenters. The van der Waals surface area contributed by atoms with Gasteiger partial charge >= 0.3 is 0 Å². The van der Waals surface area contributed by atoms with Crippen LogP contribution in [0.25, 0.3) is 10.9 Å². The maximum absolute atomic E-state index is 5.48. The minimum atomic E-state index is 0.735. The second kappa shape index (κ2) is 8.06. The molecule has 0 saturated heterocycles. The van der Waals surface area contributed by atoms with Crippen LogP contribution < -0.4 is 15.4 Å². The van der Waals surface area contributed by atoms with Gasteiger partial charge in [0.15, 0.2) is 11.6 Å². The number of benzene rings is 1. The van der Waals surface area contributed by atoms with Crippen LogP contribution in [-0.2, 0) is 13.1 Å². The van der Waals surface area contributed by atoms with Gasteiger partial charge in [-0.3, -0.25) is 9.36 Å². The van der Waals surface area contributed by atoms with Gasteiger partial charge in [-0.1, -0.05) is 6.07 Å². The van der Waals surface area contributed by atoms with E-state index in [2.05, 4.69) is 41.5 Å². The Kier molecular flexibility index (Phi) is 5.31. The van der Waals surface area contributed by atoms with Crippen molar-refractivity contribution in [2.45, 2.75) is 40.8 Å². The van der Waals surface area contributed by atoms with Crippen molar-refractivity contribution in [3.05, 3.63) is 47.8 Å². The monoisotopic (exact) mass is 405 g/mol. The van der Waals surface area contributed by atoms with Crippen LogP contribution in [0.15, 0.2) is 36.7 Å². The average Bonchev–Trinajstić information content (AvgIpc) is 3.35. The molecule has 0 saturated carbocycles. The van der Waals surface area contributed by atoms with E-state index in [9.17, 15) is 0 Å². The largest absolute Gasteiger partial charge is 0.496 e. The smallest absolute Gasteiger partial charge is 0.161 e. The van der Waals surface area contributed by atoms with Gasteiger partial charge in [0, 0.05) is 48.9 Å². The lowest BCUT2D eigenvalue weighted by atomic mass is 10.1. The van der Waals surface area contributed by atoms with E-state index in [0.717, 1.165) is 64.0 Å². The number of methoxy groups -OCH3 is 1. The third-order valence-corrected chi connectivity index (χ3v) is 5.24. The molecule has 0 aliphatic heterocycles. The number of hydrogen-bond donors (Lipinski definition) is 2. The number of rotatable bonds is 7. The van der Waals surface area contributed by atoms with Crippen molar-refractivity contribution in [2.75, 3.05) is 17.7 Å². The molecule has 0 aliphatic carbocycles. The predicted molar refractivity (Wildman–Crippen MR) is 120 cm³/mol. The van der Waals surface area contributed by atoms with Gasteiger partial charge in [-0.25, -0.2) is 4.98 Å². The molecule has 3 aromatic heterocycles. The molecular weight excluding hydrogens is 378 g/mol. The predicted octanol–water partition coefficient (Wildman–Crippen LogP) is 4.78. The van der Waals surface area contributed by atoms with E-state index in [1.807, 2.05) is 52.9 Å². The minimum Gasteiger partial charge on any atom is -0.496 e. The van der Waals surface area contributed by atoms with E-state index in [4.69, 9.17) is 9.84 Å². The molecule has 4 aromatic rings. The van der Waals surface area contributed by atoms with Crippen molar-refractivity contribution < 1.29 is 4.74 Å². The van der Waals surface area contributed by atoms with Gasteiger partial charge < -0.3 is 15.4 Å². The molecule has 2 N–H and O–H groups in total. The molecule has 0 amide bonds. The molecule has 0 aliphatic rings. The highest BCUT2D eigenvalue weighted by Gasteiger charge is 2.15. The summed E-state index contributed by atoms with van der Waals surface area (Å²) in [5.74, 6) is 3.13. The van der Waals surface area contributed by atoms with Crippen molar-refractivity contribution in [3.63, 3.8) is 0 Å². The summed E-state index contributed by atoms with van der Waals surface area (Å²) in [5.41, 5.74) is 4.19. The third-order valence-electron chi connectivity index (χ3n) is 5.24. The number of nitrogens with zero attached hydrogens (tertiary/aromatic N) is 5.